The van der Waals surface area contributed by atoms with Crippen LogP contribution in [-0.2, 0) is 18.6 Å². The molecule has 0 aliphatic rings. The molecule has 88 valence electrons. The molecule has 1 unspecified atom stereocenters. The molecule has 16 heavy (non-hydrogen) atoms. The van der Waals surface area contributed by atoms with E-state index in [4.69, 9.17) is 9.26 Å². The van der Waals surface area contributed by atoms with E-state index in [1.54, 1.807) is 31.2 Å². The van der Waals surface area contributed by atoms with Crippen molar-refractivity contribution in [3.8, 4) is 0 Å². The number of rotatable bonds is 5. The van der Waals surface area contributed by atoms with Gasteiger partial charge in [0.15, 0.2) is 0 Å². The van der Waals surface area contributed by atoms with Crippen molar-refractivity contribution in [2.45, 2.75) is 6.92 Å². The summed E-state index contributed by atoms with van der Waals surface area (Å²) in [6.07, 6.45) is -0.221. The van der Waals surface area contributed by atoms with Gasteiger partial charge < -0.3 is 9.26 Å². The van der Waals surface area contributed by atoms with Crippen LogP contribution in [0.1, 0.15) is 6.92 Å². The summed E-state index contributed by atoms with van der Waals surface area (Å²) >= 11 is 0. The minimum atomic E-state index is -3.11. The quantitative estimate of drug-likeness (QED) is 0.583. The van der Waals surface area contributed by atoms with Crippen molar-refractivity contribution < 1.29 is 18.6 Å². The van der Waals surface area contributed by atoms with Gasteiger partial charge in [0.1, 0.15) is 6.16 Å². The molecular weight excluding hydrogens is 227 g/mol. The zero-order chi connectivity index (χ0) is 12.0. The van der Waals surface area contributed by atoms with Crippen molar-refractivity contribution in [2.75, 3.05) is 19.9 Å². The highest BCUT2D eigenvalue weighted by atomic mass is 31.2. The number of esters is 1. The van der Waals surface area contributed by atoms with Crippen molar-refractivity contribution >= 4 is 18.6 Å². The maximum Gasteiger partial charge on any atom is 0.315 e. The summed E-state index contributed by atoms with van der Waals surface area (Å²) in [6, 6.07) is 8.69. The number of carbonyl (C=O) groups excluding carboxylic acids is 1. The van der Waals surface area contributed by atoms with E-state index in [9.17, 15) is 9.36 Å². The lowest BCUT2D eigenvalue weighted by Gasteiger charge is -2.15. The smallest absolute Gasteiger partial charge is 0.315 e. The third kappa shape index (κ3) is 3.19. The lowest BCUT2D eigenvalue weighted by atomic mass is 10.4. The van der Waals surface area contributed by atoms with Crippen LogP contribution in [0.15, 0.2) is 30.3 Å². The fraction of sp³-hybridized carbons (Fsp3) is 0.364. The second kappa shape index (κ2) is 5.83. The highest BCUT2D eigenvalue weighted by molar-refractivity contribution is 7.67. The molecule has 0 fully saturated rings. The third-order valence-corrected chi connectivity index (χ3v) is 4.44. The van der Waals surface area contributed by atoms with Gasteiger partial charge in [-0.1, -0.05) is 18.2 Å². The van der Waals surface area contributed by atoms with Crippen LogP contribution in [0.25, 0.3) is 0 Å². The summed E-state index contributed by atoms with van der Waals surface area (Å²) in [5, 5.41) is 0.533. The van der Waals surface area contributed by atoms with Gasteiger partial charge in [0.25, 0.3) is 0 Å². The maximum atomic E-state index is 12.3. The molecule has 0 bridgehead atoms. The lowest BCUT2D eigenvalue weighted by Crippen LogP contribution is -2.17. The van der Waals surface area contributed by atoms with E-state index < -0.39 is 13.3 Å². The number of ether oxygens (including phenoxy) is 1. The summed E-state index contributed by atoms with van der Waals surface area (Å²) in [5.41, 5.74) is 0. The van der Waals surface area contributed by atoms with Gasteiger partial charge in [-0.15, -0.1) is 0 Å². The highest BCUT2D eigenvalue weighted by Crippen LogP contribution is 2.44. The first-order valence-electron chi connectivity index (χ1n) is 4.98. The predicted octanol–water partition coefficient (Wildman–Crippen LogP) is 1.80. The van der Waals surface area contributed by atoms with Gasteiger partial charge in [0, 0.05) is 12.4 Å². The van der Waals surface area contributed by atoms with E-state index in [0.29, 0.717) is 5.30 Å². The zero-order valence-electron chi connectivity index (χ0n) is 9.38. The lowest BCUT2D eigenvalue weighted by molar-refractivity contribution is -0.140. The summed E-state index contributed by atoms with van der Waals surface area (Å²) in [5.74, 6) is -0.503. The largest absolute Gasteiger partial charge is 0.466 e. The van der Waals surface area contributed by atoms with Crippen molar-refractivity contribution in [1.29, 1.82) is 0 Å². The molecule has 1 rings (SSSR count). The van der Waals surface area contributed by atoms with Gasteiger partial charge in [-0.3, -0.25) is 9.36 Å². The Morgan fingerprint density at radius 3 is 2.44 bits per heavy atom. The van der Waals surface area contributed by atoms with Gasteiger partial charge in [-0.05, 0) is 19.1 Å². The molecule has 1 aromatic carbocycles. The molecule has 0 amide bonds. The SMILES string of the molecule is CCOC(=O)CP(=O)(OC)c1ccccc1. The van der Waals surface area contributed by atoms with Crippen LogP contribution in [-0.4, -0.2) is 25.8 Å². The molecule has 0 aromatic heterocycles. The minimum absolute atomic E-state index is 0.221. The second-order valence-corrected chi connectivity index (χ2v) is 5.70. The van der Waals surface area contributed by atoms with E-state index in [1.165, 1.54) is 7.11 Å². The van der Waals surface area contributed by atoms with Gasteiger partial charge >= 0.3 is 5.97 Å². The summed E-state index contributed by atoms with van der Waals surface area (Å²) in [7, 11) is -1.77. The Bertz CT molecular complexity index is 388. The first kappa shape index (κ1) is 12.9. The number of hydrogen-bond acceptors (Lipinski definition) is 4. The van der Waals surface area contributed by atoms with Crippen LogP contribution in [0, 0.1) is 0 Å². The molecule has 0 saturated heterocycles. The van der Waals surface area contributed by atoms with E-state index >= 15 is 0 Å². The Kier molecular flexibility index (Phi) is 4.71. The van der Waals surface area contributed by atoms with Gasteiger partial charge in [-0.2, -0.15) is 0 Å². The van der Waals surface area contributed by atoms with E-state index in [-0.39, 0.29) is 12.8 Å². The minimum Gasteiger partial charge on any atom is -0.466 e. The van der Waals surface area contributed by atoms with E-state index in [1.807, 2.05) is 6.07 Å². The van der Waals surface area contributed by atoms with Crippen LogP contribution < -0.4 is 5.30 Å². The highest BCUT2D eigenvalue weighted by Gasteiger charge is 2.28. The molecule has 1 aromatic rings. The Hall–Kier alpha value is -1.12. The van der Waals surface area contributed by atoms with Crippen molar-refractivity contribution in [2.24, 2.45) is 0 Å². The van der Waals surface area contributed by atoms with Crippen LogP contribution in [0.4, 0.5) is 0 Å². The summed E-state index contributed by atoms with van der Waals surface area (Å²) in [6.45, 7) is 1.98. The van der Waals surface area contributed by atoms with Gasteiger partial charge in [0.2, 0.25) is 7.37 Å². The molecule has 0 radical (unpaired) electrons. The summed E-state index contributed by atoms with van der Waals surface area (Å²) in [4.78, 5) is 11.3. The number of benzene rings is 1. The molecule has 0 heterocycles. The molecule has 0 saturated carbocycles. The molecule has 0 aliphatic heterocycles. The monoisotopic (exact) mass is 242 g/mol. The molecule has 0 N–H and O–H groups in total. The molecule has 1 atom stereocenters. The normalized spacial score (nSPS) is 14.1. The first-order chi connectivity index (χ1) is 7.62. The van der Waals surface area contributed by atoms with Crippen LogP contribution in [0.5, 0.6) is 0 Å². The number of carbonyl (C=O) groups is 1. The predicted molar refractivity (Wildman–Crippen MR) is 62.2 cm³/mol. The Balaban J connectivity index is 2.87. The average molecular weight is 242 g/mol. The van der Waals surface area contributed by atoms with Gasteiger partial charge in [-0.25, -0.2) is 0 Å². The third-order valence-electron chi connectivity index (χ3n) is 2.09. The zero-order valence-corrected chi connectivity index (χ0v) is 10.3. The van der Waals surface area contributed by atoms with E-state index in [0.717, 1.165) is 0 Å². The van der Waals surface area contributed by atoms with Crippen LogP contribution >= 0.6 is 7.37 Å². The summed E-state index contributed by atoms with van der Waals surface area (Å²) < 4.78 is 22.1. The molecule has 0 aliphatic carbocycles. The van der Waals surface area contributed by atoms with E-state index in [2.05, 4.69) is 0 Å². The van der Waals surface area contributed by atoms with Crippen molar-refractivity contribution in [3.63, 3.8) is 0 Å². The van der Waals surface area contributed by atoms with Crippen molar-refractivity contribution in [1.82, 2.24) is 0 Å². The molecule has 5 heteroatoms. The Labute approximate surface area is 95.0 Å². The standard InChI is InChI=1S/C11H15O4P/c1-3-15-11(12)9-16(13,14-2)10-7-5-4-6-8-10/h4-8H,3,9H2,1-2H3. The molecular formula is C11H15O4P. The van der Waals surface area contributed by atoms with Crippen LogP contribution in [0.2, 0.25) is 0 Å². The van der Waals surface area contributed by atoms with Gasteiger partial charge in [0.05, 0.1) is 6.61 Å². The fourth-order valence-electron chi connectivity index (χ4n) is 1.29. The first-order valence-corrected chi connectivity index (χ1v) is 6.79. The second-order valence-electron chi connectivity index (χ2n) is 3.15. The number of hydrogen-bond donors (Lipinski definition) is 0. The molecule has 0 spiro atoms. The van der Waals surface area contributed by atoms with Crippen LogP contribution in [0.3, 0.4) is 0 Å². The Morgan fingerprint density at radius 2 is 1.94 bits per heavy atom. The maximum absolute atomic E-state index is 12.3. The topological polar surface area (TPSA) is 52.6 Å². The average Bonchev–Trinajstić information content (AvgIpc) is 2.30. The Morgan fingerprint density at radius 1 is 1.31 bits per heavy atom. The molecule has 4 nitrogen and oxygen atoms in total. The van der Waals surface area contributed by atoms with Crippen molar-refractivity contribution in [3.05, 3.63) is 30.3 Å². The fourth-order valence-corrected chi connectivity index (χ4v) is 2.87.